The second-order valence-electron chi connectivity index (χ2n) is 4.65. The maximum atomic E-state index is 11.9. The zero-order valence-corrected chi connectivity index (χ0v) is 11.1. The van der Waals surface area contributed by atoms with Gasteiger partial charge in [-0.05, 0) is 43.2 Å². The Morgan fingerprint density at radius 1 is 1.11 bits per heavy atom. The molecule has 0 aliphatic heterocycles. The van der Waals surface area contributed by atoms with Crippen molar-refractivity contribution in [2.45, 2.75) is 20.3 Å². The van der Waals surface area contributed by atoms with Crippen LogP contribution in [0.5, 0.6) is 5.75 Å². The normalized spacial score (nSPS) is 10.2. The molecule has 0 atom stereocenters. The molecule has 0 fully saturated rings. The van der Waals surface area contributed by atoms with Crippen molar-refractivity contribution < 1.29 is 9.90 Å². The van der Waals surface area contributed by atoms with Crippen LogP contribution in [-0.2, 0) is 11.2 Å². The van der Waals surface area contributed by atoms with Gasteiger partial charge >= 0.3 is 0 Å². The van der Waals surface area contributed by atoms with Gasteiger partial charge in [-0.3, -0.25) is 4.79 Å². The van der Waals surface area contributed by atoms with Gasteiger partial charge in [0.2, 0.25) is 5.91 Å². The summed E-state index contributed by atoms with van der Waals surface area (Å²) in [6.45, 7) is 4.04. The lowest BCUT2D eigenvalue weighted by molar-refractivity contribution is -0.115. The molecule has 2 aromatic rings. The summed E-state index contributed by atoms with van der Waals surface area (Å²) in [6.07, 6.45) is 0.166. The zero-order valence-electron chi connectivity index (χ0n) is 11.1. The Morgan fingerprint density at radius 3 is 2.53 bits per heavy atom. The van der Waals surface area contributed by atoms with Crippen LogP contribution in [-0.4, -0.2) is 11.0 Å². The lowest BCUT2D eigenvalue weighted by Crippen LogP contribution is -2.14. The number of anilines is 1. The van der Waals surface area contributed by atoms with Crippen molar-refractivity contribution in [3.05, 3.63) is 59.2 Å². The van der Waals surface area contributed by atoms with Crippen molar-refractivity contribution in [3.63, 3.8) is 0 Å². The third kappa shape index (κ3) is 3.35. The van der Waals surface area contributed by atoms with Gasteiger partial charge in [0.05, 0.1) is 6.42 Å². The molecular weight excluding hydrogens is 238 g/mol. The average Bonchev–Trinajstić information content (AvgIpc) is 2.37. The Hall–Kier alpha value is -2.29. The van der Waals surface area contributed by atoms with Crippen LogP contribution in [0.25, 0.3) is 0 Å². The van der Waals surface area contributed by atoms with Crippen molar-refractivity contribution in [1.29, 1.82) is 0 Å². The first kappa shape index (κ1) is 13.1. The minimum Gasteiger partial charge on any atom is -0.508 e. The predicted molar refractivity (Wildman–Crippen MR) is 76.4 cm³/mol. The number of carbonyl (C=O) groups excluding carboxylic acids is 1. The quantitative estimate of drug-likeness (QED) is 0.885. The van der Waals surface area contributed by atoms with E-state index in [-0.39, 0.29) is 18.1 Å². The van der Waals surface area contributed by atoms with Crippen molar-refractivity contribution in [2.75, 3.05) is 5.32 Å². The van der Waals surface area contributed by atoms with Crippen LogP contribution >= 0.6 is 0 Å². The Morgan fingerprint density at radius 2 is 1.84 bits per heavy atom. The molecule has 2 N–H and O–H groups in total. The van der Waals surface area contributed by atoms with E-state index in [4.69, 9.17) is 0 Å². The molecule has 2 rings (SSSR count). The lowest BCUT2D eigenvalue weighted by atomic mass is 10.1. The molecule has 0 bridgehead atoms. The van der Waals surface area contributed by atoms with E-state index in [1.165, 1.54) is 5.56 Å². The number of aryl methyl sites for hydroxylation is 2. The molecule has 0 aliphatic rings. The first-order chi connectivity index (χ1) is 9.06. The van der Waals surface area contributed by atoms with Gasteiger partial charge in [-0.1, -0.05) is 24.3 Å². The molecule has 0 saturated heterocycles. The fraction of sp³-hybridized carbons (Fsp3) is 0.188. The monoisotopic (exact) mass is 255 g/mol. The molecule has 0 aromatic heterocycles. The van der Waals surface area contributed by atoms with Crippen LogP contribution in [0.2, 0.25) is 0 Å². The fourth-order valence-electron chi connectivity index (χ4n) is 1.86. The summed E-state index contributed by atoms with van der Waals surface area (Å²) in [5.74, 6) is 0.0162. The molecule has 0 radical (unpaired) electrons. The Bertz CT molecular complexity index is 605. The van der Waals surface area contributed by atoms with E-state index in [2.05, 4.69) is 5.32 Å². The minimum atomic E-state index is -0.134. The van der Waals surface area contributed by atoms with Gasteiger partial charge < -0.3 is 10.4 Å². The molecular formula is C16H17NO2. The minimum absolute atomic E-state index is 0.134. The Labute approximate surface area is 112 Å². The number of para-hydroxylation sites is 1. The maximum absolute atomic E-state index is 11.9. The number of hydrogen-bond acceptors (Lipinski definition) is 2. The first-order valence-corrected chi connectivity index (χ1v) is 6.20. The number of amides is 1. The molecule has 19 heavy (non-hydrogen) atoms. The molecule has 0 spiro atoms. The molecule has 98 valence electrons. The van der Waals surface area contributed by atoms with E-state index in [0.29, 0.717) is 5.56 Å². The Balaban J connectivity index is 2.05. The second kappa shape index (κ2) is 5.57. The molecule has 0 heterocycles. The summed E-state index contributed by atoms with van der Waals surface area (Å²) >= 11 is 0. The van der Waals surface area contributed by atoms with Gasteiger partial charge in [-0.2, -0.15) is 0 Å². The van der Waals surface area contributed by atoms with Crippen LogP contribution in [0.15, 0.2) is 42.5 Å². The van der Waals surface area contributed by atoms with Crippen molar-refractivity contribution in [3.8, 4) is 5.75 Å². The van der Waals surface area contributed by atoms with Gasteiger partial charge in [0.15, 0.2) is 0 Å². The number of aromatic hydroxyl groups is 1. The van der Waals surface area contributed by atoms with Gasteiger partial charge in [-0.25, -0.2) is 0 Å². The van der Waals surface area contributed by atoms with E-state index in [0.717, 1.165) is 11.3 Å². The first-order valence-electron chi connectivity index (χ1n) is 6.20. The highest BCUT2D eigenvalue weighted by Gasteiger charge is 2.07. The molecule has 3 nitrogen and oxygen atoms in total. The zero-order chi connectivity index (χ0) is 13.8. The van der Waals surface area contributed by atoms with E-state index >= 15 is 0 Å². The molecule has 3 heteroatoms. The fourth-order valence-corrected chi connectivity index (χ4v) is 1.86. The van der Waals surface area contributed by atoms with Crippen molar-refractivity contribution in [1.82, 2.24) is 0 Å². The summed E-state index contributed by atoms with van der Waals surface area (Å²) in [7, 11) is 0. The number of carbonyl (C=O) groups is 1. The van der Waals surface area contributed by atoms with E-state index < -0.39 is 0 Å². The van der Waals surface area contributed by atoms with Gasteiger partial charge in [0.1, 0.15) is 5.75 Å². The number of hydrogen-bond donors (Lipinski definition) is 2. The molecule has 0 unspecified atom stereocenters. The standard InChI is InChI=1S/C16H17NO2/c1-11-7-8-14(9-12(11)2)17-16(19)10-13-5-3-4-6-15(13)18/h3-9,18H,10H2,1-2H3,(H,17,19). The van der Waals surface area contributed by atoms with Crippen molar-refractivity contribution in [2.24, 2.45) is 0 Å². The highest BCUT2D eigenvalue weighted by Crippen LogP contribution is 2.18. The summed E-state index contributed by atoms with van der Waals surface area (Å²) in [4.78, 5) is 11.9. The molecule has 2 aromatic carbocycles. The molecule has 0 saturated carbocycles. The third-order valence-corrected chi connectivity index (χ3v) is 3.13. The summed E-state index contributed by atoms with van der Waals surface area (Å²) in [5.41, 5.74) is 3.74. The number of phenolic OH excluding ortho intramolecular Hbond substituents is 1. The number of benzene rings is 2. The smallest absolute Gasteiger partial charge is 0.228 e. The third-order valence-electron chi connectivity index (χ3n) is 3.13. The maximum Gasteiger partial charge on any atom is 0.228 e. The summed E-state index contributed by atoms with van der Waals surface area (Å²) in [6, 6.07) is 12.7. The topological polar surface area (TPSA) is 49.3 Å². The van der Waals surface area contributed by atoms with Crippen LogP contribution in [0.3, 0.4) is 0 Å². The van der Waals surface area contributed by atoms with E-state index in [1.807, 2.05) is 32.0 Å². The Kier molecular flexibility index (Phi) is 3.85. The lowest BCUT2D eigenvalue weighted by Gasteiger charge is -2.08. The van der Waals surface area contributed by atoms with Gasteiger partial charge in [0, 0.05) is 11.3 Å². The van der Waals surface area contributed by atoms with E-state index in [1.54, 1.807) is 24.3 Å². The number of phenols is 1. The van der Waals surface area contributed by atoms with Crippen LogP contribution in [0, 0.1) is 13.8 Å². The largest absolute Gasteiger partial charge is 0.508 e. The van der Waals surface area contributed by atoms with Gasteiger partial charge in [0.25, 0.3) is 0 Å². The number of nitrogens with one attached hydrogen (secondary N) is 1. The molecule has 0 aliphatic carbocycles. The highest BCUT2D eigenvalue weighted by molar-refractivity contribution is 5.92. The van der Waals surface area contributed by atoms with Crippen LogP contribution in [0.4, 0.5) is 5.69 Å². The average molecular weight is 255 g/mol. The summed E-state index contributed by atoms with van der Waals surface area (Å²) in [5, 5.41) is 12.5. The van der Waals surface area contributed by atoms with Crippen LogP contribution < -0.4 is 5.32 Å². The highest BCUT2D eigenvalue weighted by atomic mass is 16.3. The summed E-state index contributed by atoms with van der Waals surface area (Å²) < 4.78 is 0. The van der Waals surface area contributed by atoms with E-state index in [9.17, 15) is 9.90 Å². The SMILES string of the molecule is Cc1ccc(NC(=O)Cc2ccccc2O)cc1C. The van der Waals surface area contributed by atoms with Crippen LogP contribution in [0.1, 0.15) is 16.7 Å². The van der Waals surface area contributed by atoms with Gasteiger partial charge in [-0.15, -0.1) is 0 Å². The van der Waals surface area contributed by atoms with Crippen molar-refractivity contribution >= 4 is 11.6 Å². The second-order valence-corrected chi connectivity index (χ2v) is 4.65. The predicted octanol–water partition coefficient (Wildman–Crippen LogP) is 3.19. The number of rotatable bonds is 3. The molecule has 1 amide bonds.